The summed E-state index contributed by atoms with van der Waals surface area (Å²) in [6.07, 6.45) is -2.71. The summed E-state index contributed by atoms with van der Waals surface area (Å²) >= 11 is 0. The van der Waals surface area contributed by atoms with Crippen molar-refractivity contribution in [2.45, 2.75) is 31.5 Å². The van der Waals surface area contributed by atoms with E-state index in [9.17, 15) is 27.9 Å². The predicted octanol–water partition coefficient (Wildman–Crippen LogP) is 5.74. The molecule has 176 valence electrons. The highest BCUT2D eigenvalue weighted by molar-refractivity contribution is 6.02. The van der Waals surface area contributed by atoms with E-state index in [4.69, 9.17) is 0 Å². The molecular weight excluding hydrogens is 451 g/mol. The molecule has 1 aliphatic heterocycles. The number of carbonyl (C=O) groups is 2. The van der Waals surface area contributed by atoms with Crippen LogP contribution in [0.15, 0.2) is 54.6 Å². The lowest BCUT2D eigenvalue weighted by Crippen LogP contribution is -2.28. The number of aromatic carboxylic acids is 1. The molecule has 0 saturated heterocycles. The van der Waals surface area contributed by atoms with Gasteiger partial charge in [0.25, 0.3) is 0 Å². The Morgan fingerprint density at radius 2 is 1.71 bits per heavy atom. The Labute approximate surface area is 193 Å². The van der Waals surface area contributed by atoms with Crippen LogP contribution in [0.1, 0.15) is 35.8 Å². The van der Waals surface area contributed by atoms with Gasteiger partial charge in [-0.2, -0.15) is 0 Å². The molecule has 1 fully saturated rings. The van der Waals surface area contributed by atoms with Crippen LogP contribution in [0.25, 0.3) is 11.1 Å². The molecule has 0 unspecified atom stereocenters. The van der Waals surface area contributed by atoms with Gasteiger partial charge in [-0.15, -0.1) is 8.78 Å². The third-order valence-electron chi connectivity index (χ3n) is 6.14. The summed E-state index contributed by atoms with van der Waals surface area (Å²) in [5.74, 6) is -2.34. The van der Waals surface area contributed by atoms with Crippen LogP contribution in [0.4, 0.5) is 18.9 Å². The fourth-order valence-corrected chi connectivity index (χ4v) is 4.12. The molecule has 3 aromatic carbocycles. The standard InChI is InChI=1S/C25H18F3NO5.H2/c1-13-2-5-16(12-17(13)18-10-14(22(30)31)3-6-19(18)26)29-23(32)24(8-9-24)15-4-7-20-21(11-15)34-25(27,28)33-20;/h2-7,10-12H,8-9H2,1H3,(H,29,32)(H,30,31);1H. The lowest BCUT2D eigenvalue weighted by molar-refractivity contribution is -0.286. The highest BCUT2D eigenvalue weighted by Crippen LogP contribution is 2.52. The molecule has 6 nitrogen and oxygen atoms in total. The van der Waals surface area contributed by atoms with Crippen LogP contribution in [0, 0.1) is 12.7 Å². The second-order valence-electron chi connectivity index (χ2n) is 8.39. The van der Waals surface area contributed by atoms with Gasteiger partial charge < -0.3 is 19.9 Å². The van der Waals surface area contributed by atoms with Crippen LogP contribution in [-0.4, -0.2) is 23.3 Å². The van der Waals surface area contributed by atoms with Gasteiger partial charge in [0.05, 0.1) is 11.0 Å². The van der Waals surface area contributed by atoms with Crippen LogP contribution >= 0.6 is 0 Å². The normalized spacial score (nSPS) is 16.7. The van der Waals surface area contributed by atoms with Gasteiger partial charge in [0, 0.05) is 12.7 Å². The van der Waals surface area contributed by atoms with Crippen molar-refractivity contribution in [3.05, 3.63) is 77.1 Å². The zero-order chi connectivity index (χ0) is 24.3. The average Bonchev–Trinajstić information content (AvgIpc) is 3.52. The Morgan fingerprint density at radius 1 is 0.971 bits per heavy atom. The first-order valence-corrected chi connectivity index (χ1v) is 10.4. The number of nitrogens with one attached hydrogen (secondary N) is 1. The summed E-state index contributed by atoms with van der Waals surface area (Å²) in [4.78, 5) is 24.5. The molecule has 2 aliphatic rings. The number of anilines is 1. The summed E-state index contributed by atoms with van der Waals surface area (Å²) in [7, 11) is 0. The van der Waals surface area contributed by atoms with Crippen molar-refractivity contribution in [1.82, 2.24) is 0 Å². The van der Waals surface area contributed by atoms with Crippen molar-refractivity contribution in [1.29, 1.82) is 0 Å². The number of carboxylic acids is 1. The summed E-state index contributed by atoms with van der Waals surface area (Å²) in [6.45, 7) is 1.75. The molecular formula is C25H20F3NO5. The number of benzene rings is 3. The predicted molar refractivity (Wildman–Crippen MR) is 118 cm³/mol. The van der Waals surface area contributed by atoms with E-state index in [1.54, 1.807) is 31.2 Å². The van der Waals surface area contributed by atoms with Crippen molar-refractivity contribution in [3.8, 4) is 22.6 Å². The minimum atomic E-state index is -3.74. The molecule has 1 aliphatic carbocycles. The van der Waals surface area contributed by atoms with E-state index in [0.717, 1.165) is 6.07 Å². The summed E-state index contributed by atoms with van der Waals surface area (Å²) < 4.78 is 50.1. The highest BCUT2D eigenvalue weighted by atomic mass is 19.3. The summed E-state index contributed by atoms with van der Waals surface area (Å²) in [5.41, 5.74) is 1.19. The highest BCUT2D eigenvalue weighted by Gasteiger charge is 2.52. The third-order valence-corrected chi connectivity index (χ3v) is 6.14. The number of hydrogen-bond donors (Lipinski definition) is 2. The molecule has 1 amide bonds. The fraction of sp³-hybridized carbons (Fsp3) is 0.200. The number of ether oxygens (including phenoxy) is 2. The molecule has 9 heteroatoms. The van der Waals surface area contributed by atoms with Gasteiger partial charge in [0.1, 0.15) is 5.82 Å². The Hall–Kier alpha value is -4.01. The Morgan fingerprint density at radius 3 is 2.41 bits per heavy atom. The summed E-state index contributed by atoms with van der Waals surface area (Å²) in [6, 6.07) is 12.7. The van der Waals surface area contributed by atoms with Gasteiger partial charge >= 0.3 is 12.3 Å². The van der Waals surface area contributed by atoms with Crippen molar-refractivity contribution < 1.29 is 38.8 Å². The van der Waals surface area contributed by atoms with Crippen LogP contribution in [0.3, 0.4) is 0 Å². The smallest absolute Gasteiger partial charge is 0.478 e. The number of halogens is 3. The van der Waals surface area contributed by atoms with Gasteiger partial charge in [0.2, 0.25) is 5.91 Å². The fourth-order valence-electron chi connectivity index (χ4n) is 4.12. The lowest BCUT2D eigenvalue weighted by atomic mass is 9.94. The van der Waals surface area contributed by atoms with E-state index >= 15 is 0 Å². The first kappa shape index (κ1) is 21.8. The molecule has 0 radical (unpaired) electrons. The zero-order valence-corrected chi connectivity index (χ0v) is 17.8. The molecule has 5 rings (SSSR count). The molecule has 1 heterocycles. The maximum Gasteiger partial charge on any atom is 0.586 e. The third kappa shape index (κ3) is 3.72. The first-order valence-electron chi connectivity index (χ1n) is 10.4. The van der Waals surface area contributed by atoms with Crippen LogP contribution in [0.2, 0.25) is 0 Å². The van der Waals surface area contributed by atoms with Gasteiger partial charge in [0.15, 0.2) is 11.5 Å². The lowest BCUT2D eigenvalue weighted by Gasteiger charge is -2.17. The van der Waals surface area contributed by atoms with Gasteiger partial charge in [-0.25, -0.2) is 9.18 Å². The molecule has 2 N–H and O–H groups in total. The largest absolute Gasteiger partial charge is 0.586 e. The number of hydrogen-bond acceptors (Lipinski definition) is 4. The minimum absolute atomic E-state index is 0. The number of amides is 1. The molecule has 0 bridgehead atoms. The number of carboxylic acid groups (broad SMARTS) is 1. The average molecular weight is 471 g/mol. The van der Waals surface area contributed by atoms with Crippen molar-refractivity contribution in [2.24, 2.45) is 0 Å². The van der Waals surface area contributed by atoms with E-state index in [2.05, 4.69) is 14.8 Å². The Bertz CT molecular complexity index is 1360. The van der Waals surface area contributed by atoms with Gasteiger partial charge in [-0.05, 0) is 78.9 Å². The van der Waals surface area contributed by atoms with E-state index in [0.29, 0.717) is 35.2 Å². The van der Waals surface area contributed by atoms with Crippen LogP contribution in [-0.2, 0) is 10.2 Å². The number of carbonyl (C=O) groups excluding carboxylic acids is 1. The monoisotopic (exact) mass is 471 g/mol. The van der Waals surface area contributed by atoms with Gasteiger partial charge in [-0.1, -0.05) is 12.1 Å². The zero-order valence-electron chi connectivity index (χ0n) is 17.8. The molecule has 0 aromatic heterocycles. The van der Waals surface area contributed by atoms with E-state index in [1.165, 1.54) is 24.3 Å². The maximum atomic E-state index is 14.5. The number of rotatable bonds is 5. The quantitative estimate of drug-likeness (QED) is 0.496. The number of alkyl halides is 2. The Balaban J connectivity index is 0.00000289. The van der Waals surface area contributed by atoms with Crippen LogP contribution < -0.4 is 14.8 Å². The Kier molecular flexibility index (Phi) is 4.82. The molecule has 3 aromatic rings. The number of aryl methyl sites for hydroxylation is 1. The second kappa shape index (κ2) is 7.51. The second-order valence-corrected chi connectivity index (χ2v) is 8.39. The molecule has 1 saturated carbocycles. The SMILES string of the molecule is Cc1ccc(NC(=O)C2(c3ccc4c(c3)OC(F)(F)O4)CC2)cc1-c1cc(C(=O)O)ccc1F.[HH]. The van der Waals surface area contributed by atoms with Gasteiger partial charge in [-0.3, -0.25) is 4.79 Å². The molecule has 0 atom stereocenters. The maximum absolute atomic E-state index is 14.5. The first-order chi connectivity index (χ1) is 16.1. The van der Waals surface area contributed by atoms with E-state index in [1.807, 2.05) is 0 Å². The minimum Gasteiger partial charge on any atom is -0.478 e. The number of fused-ring (bicyclic) bond motifs is 1. The molecule has 0 spiro atoms. The van der Waals surface area contributed by atoms with Crippen molar-refractivity contribution in [3.63, 3.8) is 0 Å². The van der Waals surface area contributed by atoms with Crippen molar-refractivity contribution >= 4 is 17.6 Å². The topological polar surface area (TPSA) is 84.9 Å². The van der Waals surface area contributed by atoms with E-state index < -0.39 is 23.5 Å². The summed E-state index contributed by atoms with van der Waals surface area (Å²) in [5, 5.41) is 12.1. The van der Waals surface area contributed by atoms with Crippen molar-refractivity contribution in [2.75, 3.05) is 5.32 Å². The molecule has 34 heavy (non-hydrogen) atoms. The van der Waals surface area contributed by atoms with Crippen LogP contribution in [0.5, 0.6) is 11.5 Å². The van der Waals surface area contributed by atoms with E-state index in [-0.39, 0.29) is 30.0 Å².